The Balaban J connectivity index is 3.02. The van der Waals surface area contributed by atoms with Crippen LogP contribution in [0.1, 0.15) is 51.1 Å². The summed E-state index contributed by atoms with van der Waals surface area (Å²) in [5.74, 6) is 7.10. The van der Waals surface area contributed by atoms with Crippen LogP contribution in [0.5, 0.6) is 5.75 Å². The molecule has 2 unspecified atom stereocenters. The molecule has 0 radical (unpaired) electrons. The number of halogens is 1. The Bertz CT molecular complexity index is 384. The minimum Gasteiger partial charge on any atom is -0.496 e. The number of nitrogens with two attached hydrogens (primary N) is 1. The molecule has 0 aromatic heterocycles. The molecule has 1 aromatic rings. The first-order valence-corrected chi connectivity index (χ1v) is 7.35. The number of methoxy groups -OCH3 is 1. The van der Waals surface area contributed by atoms with E-state index in [4.69, 9.17) is 22.2 Å². The molecule has 0 saturated heterocycles. The Kier molecular flexibility index (Phi) is 7.21. The first-order valence-electron chi connectivity index (χ1n) is 6.97. The minimum atomic E-state index is 0.0743. The van der Waals surface area contributed by atoms with Gasteiger partial charge >= 0.3 is 0 Å². The Morgan fingerprint density at radius 1 is 1.37 bits per heavy atom. The van der Waals surface area contributed by atoms with Gasteiger partial charge in [-0.05, 0) is 30.5 Å². The first-order chi connectivity index (χ1) is 9.17. The van der Waals surface area contributed by atoms with Gasteiger partial charge in [-0.3, -0.25) is 11.3 Å². The summed E-state index contributed by atoms with van der Waals surface area (Å²) in [4.78, 5) is 0. The van der Waals surface area contributed by atoms with E-state index in [0.717, 1.165) is 24.2 Å². The zero-order valence-electron chi connectivity index (χ0n) is 12.1. The standard InChI is InChI=1S/C15H25ClN2O/c1-4-6-7-11(5-2)15(18-17)13-10-12(16)8-9-14(13)19-3/h8-11,15,18H,4-7,17H2,1-3H3. The van der Waals surface area contributed by atoms with E-state index in [-0.39, 0.29) is 6.04 Å². The number of hydrazine groups is 1. The van der Waals surface area contributed by atoms with Crippen molar-refractivity contribution in [2.75, 3.05) is 7.11 Å². The second kappa shape index (κ2) is 8.41. The van der Waals surface area contributed by atoms with Gasteiger partial charge in [-0.15, -0.1) is 0 Å². The van der Waals surface area contributed by atoms with Crippen molar-refractivity contribution in [3.8, 4) is 5.75 Å². The zero-order chi connectivity index (χ0) is 14.3. The average molecular weight is 285 g/mol. The van der Waals surface area contributed by atoms with E-state index in [9.17, 15) is 0 Å². The monoisotopic (exact) mass is 284 g/mol. The molecular formula is C15H25ClN2O. The highest BCUT2D eigenvalue weighted by Crippen LogP contribution is 2.35. The number of ether oxygens (including phenoxy) is 1. The summed E-state index contributed by atoms with van der Waals surface area (Å²) in [6.45, 7) is 4.40. The second-order valence-electron chi connectivity index (χ2n) is 4.84. The lowest BCUT2D eigenvalue weighted by Gasteiger charge is -2.27. The summed E-state index contributed by atoms with van der Waals surface area (Å²) >= 11 is 6.10. The fourth-order valence-corrected chi connectivity index (χ4v) is 2.68. The van der Waals surface area contributed by atoms with Crippen LogP contribution < -0.4 is 16.0 Å². The highest BCUT2D eigenvalue weighted by atomic mass is 35.5. The summed E-state index contributed by atoms with van der Waals surface area (Å²) in [7, 11) is 1.67. The molecule has 0 saturated carbocycles. The summed E-state index contributed by atoms with van der Waals surface area (Å²) in [6.07, 6.45) is 4.63. The van der Waals surface area contributed by atoms with E-state index in [1.807, 2.05) is 18.2 Å². The van der Waals surface area contributed by atoms with Crippen molar-refractivity contribution in [1.29, 1.82) is 0 Å². The predicted octanol–water partition coefficient (Wildman–Crippen LogP) is 4.07. The van der Waals surface area contributed by atoms with Crippen molar-refractivity contribution >= 4 is 11.6 Å². The number of hydrogen-bond donors (Lipinski definition) is 2. The number of unbranched alkanes of at least 4 members (excludes halogenated alkanes) is 1. The lowest BCUT2D eigenvalue weighted by molar-refractivity contribution is 0.314. The van der Waals surface area contributed by atoms with Crippen molar-refractivity contribution in [2.24, 2.45) is 11.8 Å². The quantitative estimate of drug-likeness (QED) is 0.559. The molecule has 2 atom stereocenters. The van der Waals surface area contributed by atoms with Gasteiger partial charge in [0.25, 0.3) is 0 Å². The molecule has 19 heavy (non-hydrogen) atoms. The predicted molar refractivity (Wildman–Crippen MR) is 81.4 cm³/mol. The van der Waals surface area contributed by atoms with E-state index in [1.165, 1.54) is 12.8 Å². The number of benzene rings is 1. The molecule has 0 aliphatic rings. The molecule has 0 aliphatic carbocycles. The van der Waals surface area contributed by atoms with E-state index in [2.05, 4.69) is 19.3 Å². The van der Waals surface area contributed by atoms with Crippen molar-refractivity contribution < 1.29 is 4.74 Å². The van der Waals surface area contributed by atoms with Gasteiger partial charge in [0, 0.05) is 10.6 Å². The van der Waals surface area contributed by atoms with Gasteiger partial charge in [0.2, 0.25) is 0 Å². The lowest BCUT2D eigenvalue weighted by atomic mass is 9.87. The Labute approximate surface area is 121 Å². The van der Waals surface area contributed by atoms with Gasteiger partial charge in [0.1, 0.15) is 5.75 Å². The molecule has 0 aliphatic heterocycles. The first kappa shape index (κ1) is 16.3. The minimum absolute atomic E-state index is 0.0743. The second-order valence-corrected chi connectivity index (χ2v) is 5.28. The fraction of sp³-hybridized carbons (Fsp3) is 0.600. The van der Waals surface area contributed by atoms with Gasteiger partial charge in [0.05, 0.1) is 13.2 Å². The highest BCUT2D eigenvalue weighted by Gasteiger charge is 2.23. The van der Waals surface area contributed by atoms with E-state index < -0.39 is 0 Å². The normalized spacial score (nSPS) is 14.2. The zero-order valence-corrected chi connectivity index (χ0v) is 12.8. The van der Waals surface area contributed by atoms with Crippen LogP contribution in [0.3, 0.4) is 0 Å². The SMILES string of the molecule is CCCCC(CC)C(NN)c1cc(Cl)ccc1OC. The molecule has 4 heteroatoms. The molecular weight excluding hydrogens is 260 g/mol. The van der Waals surface area contributed by atoms with Crippen molar-refractivity contribution in [1.82, 2.24) is 5.43 Å². The molecule has 3 nitrogen and oxygen atoms in total. The summed E-state index contributed by atoms with van der Waals surface area (Å²) in [5.41, 5.74) is 3.98. The van der Waals surface area contributed by atoms with Crippen LogP contribution in [0, 0.1) is 5.92 Å². The van der Waals surface area contributed by atoms with Gasteiger partial charge in [-0.25, -0.2) is 0 Å². The van der Waals surface area contributed by atoms with Gasteiger partial charge < -0.3 is 4.74 Å². The van der Waals surface area contributed by atoms with Crippen molar-refractivity contribution in [2.45, 2.75) is 45.6 Å². The van der Waals surface area contributed by atoms with E-state index in [1.54, 1.807) is 7.11 Å². The highest BCUT2D eigenvalue weighted by molar-refractivity contribution is 6.30. The molecule has 0 bridgehead atoms. The maximum absolute atomic E-state index is 6.10. The van der Waals surface area contributed by atoms with Crippen LogP contribution in [0.25, 0.3) is 0 Å². The average Bonchev–Trinajstić information content (AvgIpc) is 2.43. The van der Waals surface area contributed by atoms with Crippen LogP contribution in [0.15, 0.2) is 18.2 Å². The number of hydrogen-bond acceptors (Lipinski definition) is 3. The van der Waals surface area contributed by atoms with Crippen LogP contribution in [0.2, 0.25) is 5.02 Å². The number of nitrogens with one attached hydrogen (secondary N) is 1. The molecule has 3 N–H and O–H groups in total. The van der Waals surface area contributed by atoms with Gasteiger partial charge in [-0.1, -0.05) is 44.7 Å². The third-order valence-electron chi connectivity index (χ3n) is 3.63. The maximum Gasteiger partial charge on any atom is 0.123 e. The summed E-state index contributed by atoms with van der Waals surface area (Å²) < 4.78 is 5.43. The Hall–Kier alpha value is -0.770. The summed E-state index contributed by atoms with van der Waals surface area (Å²) in [5, 5.41) is 0.710. The molecule has 0 fully saturated rings. The van der Waals surface area contributed by atoms with Crippen LogP contribution in [0.4, 0.5) is 0 Å². The Morgan fingerprint density at radius 2 is 2.11 bits per heavy atom. The molecule has 0 heterocycles. The molecule has 108 valence electrons. The molecule has 1 rings (SSSR count). The topological polar surface area (TPSA) is 47.3 Å². The largest absolute Gasteiger partial charge is 0.496 e. The smallest absolute Gasteiger partial charge is 0.123 e. The molecule has 1 aromatic carbocycles. The van der Waals surface area contributed by atoms with Crippen molar-refractivity contribution in [3.05, 3.63) is 28.8 Å². The maximum atomic E-state index is 6.10. The molecule has 0 spiro atoms. The van der Waals surface area contributed by atoms with E-state index in [0.29, 0.717) is 10.9 Å². The van der Waals surface area contributed by atoms with Gasteiger partial charge in [0.15, 0.2) is 0 Å². The van der Waals surface area contributed by atoms with Crippen molar-refractivity contribution in [3.63, 3.8) is 0 Å². The van der Waals surface area contributed by atoms with E-state index >= 15 is 0 Å². The van der Waals surface area contributed by atoms with Crippen LogP contribution in [-0.4, -0.2) is 7.11 Å². The van der Waals surface area contributed by atoms with Crippen LogP contribution >= 0.6 is 11.6 Å². The third-order valence-corrected chi connectivity index (χ3v) is 3.87. The van der Waals surface area contributed by atoms with Gasteiger partial charge in [-0.2, -0.15) is 0 Å². The lowest BCUT2D eigenvalue weighted by Crippen LogP contribution is -2.33. The molecule has 0 amide bonds. The Morgan fingerprint density at radius 3 is 2.63 bits per heavy atom. The fourth-order valence-electron chi connectivity index (χ4n) is 2.50. The van der Waals surface area contributed by atoms with Crippen LogP contribution in [-0.2, 0) is 0 Å². The summed E-state index contributed by atoms with van der Waals surface area (Å²) in [6, 6.07) is 5.75. The third kappa shape index (κ3) is 4.37. The number of rotatable bonds is 8.